The molecule has 0 aromatic heterocycles. The van der Waals surface area contributed by atoms with Crippen molar-refractivity contribution in [1.82, 2.24) is 0 Å². The number of hydrogen-bond donors (Lipinski definition) is 1. The van der Waals surface area contributed by atoms with Crippen molar-refractivity contribution in [1.29, 1.82) is 0 Å². The maximum Gasteiger partial charge on any atom is 0.0441 e. The fraction of sp³-hybridized carbons (Fsp3) is 0.455. The molecule has 0 aliphatic rings. The Labute approximate surface area is 97.4 Å². The third kappa shape index (κ3) is 7.05. The molecule has 1 N–H and O–H groups in total. The topological polar surface area (TPSA) is 12.0 Å². The van der Waals surface area contributed by atoms with Crippen molar-refractivity contribution >= 4 is 28.9 Å². The van der Waals surface area contributed by atoms with Crippen molar-refractivity contribution in [3.05, 3.63) is 28.2 Å². The first-order valence-electron chi connectivity index (χ1n) is 4.86. The largest absolute Gasteiger partial charge is 0.388 e. The van der Waals surface area contributed by atoms with Gasteiger partial charge in [0.15, 0.2) is 0 Å². The standard InChI is InChI=1S/C7H7Cl2N.2C2H6/c1-10-7-3-5(8)2-6(9)4-7;2*1-2/h2-4,10H,1H3;2*1-2H3. The third-order valence-corrected chi connectivity index (χ3v) is 1.59. The van der Waals surface area contributed by atoms with Crippen molar-refractivity contribution in [3.63, 3.8) is 0 Å². The highest BCUT2D eigenvalue weighted by Gasteiger charge is 1.93. The molecule has 1 aromatic rings. The average molecular weight is 236 g/mol. The van der Waals surface area contributed by atoms with Gasteiger partial charge >= 0.3 is 0 Å². The fourth-order valence-electron chi connectivity index (χ4n) is 0.698. The molecular weight excluding hydrogens is 217 g/mol. The zero-order valence-corrected chi connectivity index (χ0v) is 11.0. The van der Waals surface area contributed by atoms with Crippen LogP contribution in [0.5, 0.6) is 0 Å². The van der Waals surface area contributed by atoms with Gasteiger partial charge in [-0.3, -0.25) is 0 Å². The molecular formula is C11H19Cl2N. The predicted octanol–water partition coefficient (Wildman–Crippen LogP) is 5.09. The summed E-state index contributed by atoms with van der Waals surface area (Å²) in [6, 6.07) is 5.32. The highest BCUT2D eigenvalue weighted by atomic mass is 35.5. The van der Waals surface area contributed by atoms with Crippen LogP contribution in [0.3, 0.4) is 0 Å². The summed E-state index contributed by atoms with van der Waals surface area (Å²) in [6.45, 7) is 8.00. The summed E-state index contributed by atoms with van der Waals surface area (Å²) in [5, 5.41) is 4.24. The first-order chi connectivity index (χ1) is 6.72. The number of halogens is 2. The number of anilines is 1. The van der Waals surface area contributed by atoms with Crippen LogP contribution in [0.4, 0.5) is 5.69 Å². The van der Waals surface area contributed by atoms with Crippen molar-refractivity contribution in [2.75, 3.05) is 12.4 Å². The molecule has 1 rings (SSSR count). The van der Waals surface area contributed by atoms with E-state index in [-0.39, 0.29) is 0 Å². The first kappa shape index (κ1) is 16.0. The van der Waals surface area contributed by atoms with E-state index in [9.17, 15) is 0 Å². The van der Waals surface area contributed by atoms with E-state index < -0.39 is 0 Å². The van der Waals surface area contributed by atoms with Gasteiger partial charge in [-0.15, -0.1) is 0 Å². The maximum absolute atomic E-state index is 5.70. The fourth-order valence-corrected chi connectivity index (χ4v) is 1.22. The number of benzene rings is 1. The monoisotopic (exact) mass is 235 g/mol. The number of rotatable bonds is 1. The van der Waals surface area contributed by atoms with E-state index in [0.29, 0.717) is 10.0 Å². The molecule has 0 spiro atoms. The van der Waals surface area contributed by atoms with Crippen LogP contribution in [0.25, 0.3) is 0 Å². The second-order valence-electron chi connectivity index (χ2n) is 1.91. The molecule has 0 aliphatic carbocycles. The van der Waals surface area contributed by atoms with E-state index in [4.69, 9.17) is 23.2 Å². The van der Waals surface area contributed by atoms with E-state index in [1.54, 1.807) is 6.07 Å². The summed E-state index contributed by atoms with van der Waals surface area (Å²) < 4.78 is 0. The Morgan fingerprint density at radius 1 is 0.857 bits per heavy atom. The molecule has 1 nitrogen and oxygen atoms in total. The van der Waals surface area contributed by atoms with Crippen LogP contribution in [0.2, 0.25) is 10.0 Å². The zero-order chi connectivity index (χ0) is 11.6. The van der Waals surface area contributed by atoms with E-state index in [1.165, 1.54) is 0 Å². The van der Waals surface area contributed by atoms with E-state index in [2.05, 4.69) is 5.32 Å². The van der Waals surface area contributed by atoms with Crippen LogP contribution in [0, 0.1) is 0 Å². The van der Waals surface area contributed by atoms with Gasteiger partial charge in [-0.1, -0.05) is 50.9 Å². The molecule has 14 heavy (non-hydrogen) atoms. The average Bonchev–Trinajstić information content (AvgIpc) is 2.22. The molecule has 0 fully saturated rings. The molecule has 0 saturated carbocycles. The van der Waals surface area contributed by atoms with E-state index in [0.717, 1.165) is 5.69 Å². The third-order valence-electron chi connectivity index (χ3n) is 1.15. The molecule has 1 aromatic carbocycles. The molecule has 0 radical (unpaired) electrons. The van der Waals surface area contributed by atoms with Crippen molar-refractivity contribution in [2.24, 2.45) is 0 Å². The molecule has 0 saturated heterocycles. The van der Waals surface area contributed by atoms with Gasteiger partial charge in [-0.25, -0.2) is 0 Å². The highest BCUT2D eigenvalue weighted by Crippen LogP contribution is 2.21. The van der Waals surface area contributed by atoms with Crippen LogP contribution in [-0.4, -0.2) is 7.05 Å². The molecule has 0 atom stereocenters. The predicted molar refractivity (Wildman–Crippen MR) is 68.7 cm³/mol. The van der Waals surface area contributed by atoms with Crippen LogP contribution < -0.4 is 5.32 Å². The number of hydrogen-bond acceptors (Lipinski definition) is 1. The van der Waals surface area contributed by atoms with Gasteiger partial charge in [0.1, 0.15) is 0 Å². The molecule has 0 aliphatic heterocycles. The zero-order valence-electron chi connectivity index (χ0n) is 9.49. The highest BCUT2D eigenvalue weighted by molar-refractivity contribution is 6.35. The Bertz CT molecular complexity index is 216. The van der Waals surface area contributed by atoms with Gasteiger partial charge in [0.25, 0.3) is 0 Å². The summed E-state index contributed by atoms with van der Waals surface area (Å²) >= 11 is 11.4. The van der Waals surface area contributed by atoms with Gasteiger partial charge in [0.2, 0.25) is 0 Å². The Morgan fingerprint density at radius 3 is 1.50 bits per heavy atom. The second-order valence-corrected chi connectivity index (χ2v) is 2.78. The van der Waals surface area contributed by atoms with Gasteiger partial charge in [0.05, 0.1) is 0 Å². The van der Waals surface area contributed by atoms with Gasteiger partial charge in [-0.2, -0.15) is 0 Å². The normalized spacial score (nSPS) is 7.64. The summed E-state index contributed by atoms with van der Waals surface area (Å²) in [5.41, 5.74) is 0.928. The molecule has 0 unspecified atom stereocenters. The number of nitrogens with one attached hydrogen (secondary N) is 1. The van der Waals surface area contributed by atoms with Crippen LogP contribution in [-0.2, 0) is 0 Å². The minimum Gasteiger partial charge on any atom is -0.388 e. The Balaban J connectivity index is 0. The van der Waals surface area contributed by atoms with Gasteiger partial charge in [0, 0.05) is 22.8 Å². The summed E-state index contributed by atoms with van der Waals surface area (Å²) in [5.74, 6) is 0. The maximum atomic E-state index is 5.70. The lowest BCUT2D eigenvalue weighted by atomic mass is 10.3. The second kappa shape index (κ2) is 10.7. The lowest BCUT2D eigenvalue weighted by Crippen LogP contribution is -1.86. The van der Waals surface area contributed by atoms with Crippen molar-refractivity contribution in [2.45, 2.75) is 27.7 Å². The van der Waals surface area contributed by atoms with Crippen LogP contribution >= 0.6 is 23.2 Å². The summed E-state index contributed by atoms with van der Waals surface area (Å²) in [7, 11) is 1.82. The lowest BCUT2D eigenvalue weighted by Gasteiger charge is -1.99. The van der Waals surface area contributed by atoms with E-state index >= 15 is 0 Å². The van der Waals surface area contributed by atoms with Gasteiger partial charge < -0.3 is 5.32 Å². The minimum absolute atomic E-state index is 0.650. The minimum atomic E-state index is 0.650. The van der Waals surface area contributed by atoms with Crippen molar-refractivity contribution < 1.29 is 0 Å². The van der Waals surface area contributed by atoms with Crippen molar-refractivity contribution in [3.8, 4) is 0 Å². The molecule has 0 amide bonds. The smallest absolute Gasteiger partial charge is 0.0441 e. The SMILES string of the molecule is CC.CC.CNc1cc(Cl)cc(Cl)c1. The summed E-state index contributed by atoms with van der Waals surface area (Å²) in [6.07, 6.45) is 0. The summed E-state index contributed by atoms with van der Waals surface area (Å²) in [4.78, 5) is 0. The Kier molecular flexibility index (Phi) is 12.2. The lowest BCUT2D eigenvalue weighted by molar-refractivity contribution is 1.50. The van der Waals surface area contributed by atoms with Crippen LogP contribution in [0.1, 0.15) is 27.7 Å². The van der Waals surface area contributed by atoms with Crippen LogP contribution in [0.15, 0.2) is 18.2 Å². The Morgan fingerprint density at radius 2 is 1.21 bits per heavy atom. The van der Waals surface area contributed by atoms with Gasteiger partial charge in [-0.05, 0) is 18.2 Å². The first-order valence-corrected chi connectivity index (χ1v) is 5.62. The molecule has 0 bridgehead atoms. The molecule has 0 heterocycles. The quantitative estimate of drug-likeness (QED) is 0.716. The molecule has 3 heteroatoms. The van der Waals surface area contributed by atoms with E-state index in [1.807, 2.05) is 46.9 Å². The molecule has 82 valence electrons. The Hall–Kier alpha value is -0.400.